The number of nitrogens with zero attached hydrogens (tertiary/aromatic N) is 2. The van der Waals surface area contributed by atoms with Gasteiger partial charge in [-0.15, -0.1) is 0 Å². The molecular weight excluding hydrogens is 552 g/mol. The highest BCUT2D eigenvalue weighted by Gasteiger charge is 2.18. The molecule has 0 N–H and O–H groups in total. The average Bonchev–Trinajstić information content (AvgIpc) is 3.34. The number of halogens is 1. The molecule has 8 aromatic rings. The highest BCUT2D eigenvalue weighted by atomic mass is 79.9. The van der Waals surface area contributed by atoms with Gasteiger partial charge in [0.25, 0.3) is 0 Å². The Morgan fingerprint density at radius 3 is 1.60 bits per heavy atom. The largest absolute Gasteiger partial charge is 0.309 e. The minimum atomic E-state index is 0.837. The molecule has 0 amide bonds. The van der Waals surface area contributed by atoms with Crippen molar-refractivity contribution in [2.24, 2.45) is 0 Å². The summed E-state index contributed by atoms with van der Waals surface area (Å²) in [6, 6.07) is 48.0. The van der Waals surface area contributed by atoms with E-state index in [-0.39, 0.29) is 0 Å². The first-order valence-corrected chi connectivity index (χ1v) is 14.2. The molecule has 0 radical (unpaired) electrons. The third kappa shape index (κ3) is 3.52. The van der Waals surface area contributed by atoms with Gasteiger partial charge in [0.05, 0.1) is 11.0 Å². The number of benzene rings is 6. The van der Waals surface area contributed by atoms with Crippen LogP contribution in [0.25, 0.3) is 71.3 Å². The summed E-state index contributed by atoms with van der Waals surface area (Å²) in [5, 5.41) is 7.45. The molecule has 188 valence electrons. The van der Waals surface area contributed by atoms with Crippen molar-refractivity contribution in [3.05, 3.63) is 144 Å². The van der Waals surface area contributed by atoms with Crippen LogP contribution in [0.5, 0.6) is 0 Å². The van der Waals surface area contributed by atoms with Gasteiger partial charge in [-0.2, -0.15) is 0 Å². The lowest BCUT2D eigenvalue weighted by Gasteiger charge is -2.17. The van der Waals surface area contributed by atoms with E-state index in [0.29, 0.717) is 0 Å². The number of rotatable bonds is 3. The van der Waals surface area contributed by atoms with Crippen molar-refractivity contribution >= 4 is 59.3 Å². The molecule has 8 rings (SSSR count). The van der Waals surface area contributed by atoms with E-state index >= 15 is 0 Å². The van der Waals surface area contributed by atoms with E-state index in [1.54, 1.807) is 0 Å². The molecule has 0 aliphatic rings. The Bertz CT molecular complexity index is 2150. The molecule has 2 aromatic heterocycles. The predicted molar refractivity (Wildman–Crippen MR) is 172 cm³/mol. The molecule has 0 saturated carbocycles. The van der Waals surface area contributed by atoms with Crippen LogP contribution < -0.4 is 0 Å². The van der Waals surface area contributed by atoms with Crippen LogP contribution in [0.2, 0.25) is 0 Å². The number of aromatic nitrogens is 2. The van der Waals surface area contributed by atoms with Gasteiger partial charge < -0.3 is 4.57 Å². The maximum atomic E-state index is 4.55. The summed E-state index contributed by atoms with van der Waals surface area (Å²) >= 11 is 3.50. The Labute approximate surface area is 240 Å². The van der Waals surface area contributed by atoms with Crippen LogP contribution in [0.3, 0.4) is 0 Å². The summed E-state index contributed by atoms with van der Waals surface area (Å²) < 4.78 is 3.21. The SMILES string of the molecule is Brc1ccc(-c2c3ccccc3c(-c3ccc4c(c3)c3ccccc3n4-c3ccccc3)c3ccccc23)cn1. The van der Waals surface area contributed by atoms with Gasteiger partial charge in [0.15, 0.2) is 0 Å². The molecular formula is C37H23BrN2. The fraction of sp³-hybridized carbons (Fsp3) is 0. The van der Waals surface area contributed by atoms with Crippen LogP contribution in [0, 0.1) is 0 Å². The number of fused-ring (bicyclic) bond motifs is 5. The van der Waals surface area contributed by atoms with Crippen LogP contribution in [-0.2, 0) is 0 Å². The Morgan fingerprint density at radius 1 is 0.450 bits per heavy atom. The van der Waals surface area contributed by atoms with Crippen molar-refractivity contribution < 1.29 is 0 Å². The van der Waals surface area contributed by atoms with Gasteiger partial charge in [-0.05, 0) is 90.6 Å². The maximum absolute atomic E-state index is 4.55. The van der Waals surface area contributed by atoms with E-state index in [2.05, 4.69) is 153 Å². The van der Waals surface area contributed by atoms with Gasteiger partial charge in [0.1, 0.15) is 4.60 Å². The standard InChI is InChI=1S/C37H23BrN2/c38-35-21-19-25(23-39-35)37-30-15-6-4-13-28(30)36(29-14-5-7-16-31(29)37)24-18-20-34-32(22-24)27-12-8-9-17-33(27)40(34)26-10-2-1-3-11-26/h1-23H. The first-order valence-electron chi connectivity index (χ1n) is 13.4. The lowest BCUT2D eigenvalue weighted by molar-refractivity contribution is 1.18. The van der Waals surface area contributed by atoms with Crippen LogP contribution in [0.15, 0.2) is 144 Å². The molecule has 0 unspecified atom stereocenters. The summed E-state index contributed by atoms with van der Waals surface area (Å²) in [7, 11) is 0. The highest BCUT2D eigenvalue weighted by molar-refractivity contribution is 9.10. The minimum Gasteiger partial charge on any atom is -0.309 e. The molecule has 0 fully saturated rings. The predicted octanol–water partition coefficient (Wildman–Crippen LogP) is 10.6. The van der Waals surface area contributed by atoms with Gasteiger partial charge in [-0.3, -0.25) is 0 Å². The highest BCUT2D eigenvalue weighted by Crippen LogP contribution is 2.44. The second-order valence-corrected chi connectivity index (χ2v) is 10.9. The molecule has 2 nitrogen and oxygen atoms in total. The Hall–Kier alpha value is -4.73. The van der Waals surface area contributed by atoms with Gasteiger partial charge in [0, 0.05) is 28.2 Å². The summed E-state index contributed by atoms with van der Waals surface area (Å²) in [5.41, 5.74) is 8.41. The summed E-state index contributed by atoms with van der Waals surface area (Å²) in [5.74, 6) is 0. The average molecular weight is 576 g/mol. The second kappa shape index (κ2) is 9.18. The minimum absolute atomic E-state index is 0.837. The van der Waals surface area contributed by atoms with Crippen LogP contribution in [-0.4, -0.2) is 9.55 Å². The first kappa shape index (κ1) is 23.2. The molecule has 0 bridgehead atoms. The van der Waals surface area contributed by atoms with E-state index in [9.17, 15) is 0 Å². The number of hydrogen-bond donors (Lipinski definition) is 0. The summed E-state index contributed by atoms with van der Waals surface area (Å²) in [6.45, 7) is 0. The Kier molecular flexibility index (Phi) is 5.32. The van der Waals surface area contributed by atoms with E-state index in [0.717, 1.165) is 10.2 Å². The van der Waals surface area contributed by atoms with E-state index in [4.69, 9.17) is 0 Å². The lowest BCUT2D eigenvalue weighted by Crippen LogP contribution is -1.93. The molecule has 40 heavy (non-hydrogen) atoms. The van der Waals surface area contributed by atoms with Gasteiger partial charge in [-0.25, -0.2) is 4.98 Å². The molecule has 2 heterocycles. The van der Waals surface area contributed by atoms with Crippen LogP contribution in [0.4, 0.5) is 0 Å². The number of para-hydroxylation sites is 2. The van der Waals surface area contributed by atoms with Crippen molar-refractivity contribution in [3.8, 4) is 27.9 Å². The second-order valence-electron chi connectivity index (χ2n) is 10.1. The summed E-state index contributed by atoms with van der Waals surface area (Å²) in [6.07, 6.45) is 1.96. The summed E-state index contributed by atoms with van der Waals surface area (Å²) in [4.78, 5) is 4.55. The molecule has 3 heteroatoms. The molecule has 0 aliphatic heterocycles. The van der Waals surface area contributed by atoms with E-state index < -0.39 is 0 Å². The lowest BCUT2D eigenvalue weighted by atomic mass is 9.86. The van der Waals surface area contributed by atoms with E-state index in [1.165, 1.54) is 65.7 Å². The van der Waals surface area contributed by atoms with Gasteiger partial charge in [-0.1, -0.05) is 97.1 Å². The molecule has 0 spiro atoms. The third-order valence-electron chi connectivity index (χ3n) is 7.92. The fourth-order valence-corrected chi connectivity index (χ4v) is 6.49. The molecule has 0 saturated heterocycles. The normalized spacial score (nSPS) is 11.6. The van der Waals surface area contributed by atoms with E-state index in [1.807, 2.05) is 12.3 Å². The Balaban J connectivity index is 1.47. The van der Waals surface area contributed by atoms with Crippen molar-refractivity contribution in [1.29, 1.82) is 0 Å². The van der Waals surface area contributed by atoms with Crippen molar-refractivity contribution in [1.82, 2.24) is 9.55 Å². The zero-order valence-electron chi connectivity index (χ0n) is 21.6. The Morgan fingerprint density at radius 2 is 0.975 bits per heavy atom. The van der Waals surface area contributed by atoms with Crippen LogP contribution in [0.1, 0.15) is 0 Å². The van der Waals surface area contributed by atoms with Crippen molar-refractivity contribution in [2.45, 2.75) is 0 Å². The first-order chi connectivity index (χ1) is 19.8. The maximum Gasteiger partial charge on any atom is 0.106 e. The zero-order valence-corrected chi connectivity index (χ0v) is 23.1. The van der Waals surface area contributed by atoms with Crippen molar-refractivity contribution in [2.75, 3.05) is 0 Å². The topological polar surface area (TPSA) is 17.8 Å². The smallest absolute Gasteiger partial charge is 0.106 e. The zero-order chi connectivity index (χ0) is 26.6. The molecule has 6 aromatic carbocycles. The monoisotopic (exact) mass is 574 g/mol. The number of pyridine rings is 1. The molecule has 0 atom stereocenters. The number of hydrogen-bond acceptors (Lipinski definition) is 1. The molecule has 0 aliphatic carbocycles. The van der Waals surface area contributed by atoms with Crippen LogP contribution >= 0.6 is 15.9 Å². The fourth-order valence-electron chi connectivity index (χ4n) is 6.26. The quantitative estimate of drug-likeness (QED) is 0.151. The van der Waals surface area contributed by atoms with Crippen molar-refractivity contribution in [3.63, 3.8) is 0 Å². The third-order valence-corrected chi connectivity index (χ3v) is 8.39. The van der Waals surface area contributed by atoms with Gasteiger partial charge in [0.2, 0.25) is 0 Å². The van der Waals surface area contributed by atoms with Gasteiger partial charge >= 0.3 is 0 Å².